The van der Waals surface area contributed by atoms with E-state index in [4.69, 9.17) is 34.8 Å². The van der Waals surface area contributed by atoms with Crippen molar-refractivity contribution in [3.63, 3.8) is 0 Å². The molecule has 2 aromatic heterocycles. The summed E-state index contributed by atoms with van der Waals surface area (Å²) in [6, 6.07) is 5.45. The zero-order valence-corrected chi connectivity index (χ0v) is 12.8. The minimum absolute atomic E-state index is 0.340. The van der Waals surface area contributed by atoms with E-state index in [0.29, 0.717) is 31.9 Å². The average Bonchev–Trinajstić information content (AvgIpc) is 2.69. The van der Waals surface area contributed by atoms with E-state index < -0.39 is 0 Å². The number of nitrogens with zero attached hydrogens (tertiary/aromatic N) is 2. The zero-order valence-electron chi connectivity index (χ0n) is 9.75. The van der Waals surface area contributed by atoms with E-state index in [1.54, 1.807) is 6.07 Å². The first-order chi connectivity index (χ1) is 9.08. The first-order valence-corrected chi connectivity index (χ1v) is 7.45. The largest absolute Gasteiger partial charge is 0.227 e. The number of aromatic nitrogens is 2. The number of hydrogen-bond donors (Lipinski definition) is 0. The van der Waals surface area contributed by atoms with E-state index in [1.807, 2.05) is 24.4 Å². The van der Waals surface area contributed by atoms with Gasteiger partial charge in [-0.3, -0.25) is 0 Å². The van der Waals surface area contributed by atoms with E-state index in [1.165, 1.54) is 11.3 Å². The molecule has 96 valence electrons. The van der Waals surface area contributed by atoms with Crippen LogP contribution >= 0.6 is 46.1 Å². The minimum atomic E-state index is 0.340. The highest BCUT2D eigenvalue weighted by Gasteiger charge is 2.15. The Morgan fingerprint density at radius 3 is 2.58 bits per heavy atom. The van der Waals surface area contributed by atoms with Crippen LogP contribution in [0.1, 0.15) is 5.56 Å². The maximum atomic E-state index is 6.24. The number of halogens is 3. The Bertz CT molecular complexity index is 783. The van der Waals surface area contributed by atoms with Crippen molar-refractivity contribution in [2.45, 2.75) is 6.92 Å². The zero-order chi connectivity index (χ0) is 13.6. The fourth-order valence-corrected chi connectivity index (χ4v) is 3.58. The van der Waals surface area contributed by atoms with Crippen molar-refractivity contribution in [2.75, 3.05) is 0 Å². The Kier molecular flexibility index (Phi) is 3.39. The predicted molar refractivity (Wildman–Crippen MR) is 82.6 cm³/mol. The molecule has 2 nitrogen and oxygen atoms in total. The van der Waals surface area contributed by atoms with Gasteiger partial charge in [0.2, 0.25) is 0 Å². The normalized spacial score (nSPS) is 11.2. The maximum Gasteiger partial charge on any atom is 0.173 e. The van der Waals surface area contributed by atoms with Crippen LogP contribution in [0.5, 0.6) is 0 Å². The lowest BCUT2D eigenvalue weighted by Gasteiger charge is -2.05. The SMILES string of the molecule is Cc1csc(-c2nc(Cl)c3c(Cl)cccc3n2)c1Cl. The fraction of sp³-hybridized carbons (Fsp3) is 0.0769. The summed E-state index contributed by atoms with van der Waals surface area (Å²) in [5.74, 6) is 0.530. The third kappa shape index (κ3) is 2.21. The Morgan fingerprint density at radius 2 is 1.89 bits per heavy atom. The number of aryl methyl sites for hydroxylation is 1. The highest BCUT2D eigenvalue weighted by Crippen LogP contribution is 2.37. The second kappa shape index (κ2) is 4.91. The van der Waals surface area contributed by atoms with Crippen molar-refractivity contribution in [1.82, 2.24) is 9.97 Å². The van der Waals surface area contributed by atoms with E-state index in [-0.39, 0.29) is 0 Å². The number of hydrogen-bond acceptors (Lipinski definition) is 3. The summed E-state index contributed by atoms with van der Waals surface area (Å²) in [6.45, 7) is 1.95. The minimum Gasteiger partial charge on any atom is -0.227 e. The highest BCUT2D eigenvalue weighted by molar-refractivity contribution is 7.14. The Hall–Kier alpha value is -0.870. The first-order valence-electron chi connectivity index (χ1n) is 5.43. The van der Waals surface area contributed by atoms with Gasteiger partial charge in [-0.1, -0.05) is 40.9 Å². The molecule has 0 aliphatic heterocycles. The second-order valence-corrected chi connectivity index (χ2v) is 6.06. The van der Waals surface area contributed by atoms with Crippen molar-refractivity contribution >= 4 is 57.0 Å². The Balaban J connectivity index is 2.30. The summed E-state index contributed by atoms with van der Waals surface area (Å²) >= 11 is 20.1. The molecule has 3 rings (SSSR count). The summed E-state index contributed by atoms with van der Waals surface area (Å²) in [7, 11) is 0. The summed E-state index contributed by atoms with van der Waals surface area (Å²) in [5.41, 5.74) is 1.72. The van der Waals surface area contributed by atoms with Gasteiger partial charge >= 0.3 is 0 Å². The van der Waals surface area contributed by atoms with E-state index in [0.717, 1.165) is 10.4 Å². The van der Waals surface area contributed by atoms with Gasteiger partial charge in [-0.25, -0.2) is 9.97 Å². The third-order valence-corrected chi connectivity index (χ3v) is 5.01. The quantitative estimate of drug-likeness (QED) is 0.541. The van der Waals surface area contributed by atoms with Gasteiger partial charge in [0.05, 0.1) is 25.8 Å². The van der Waals surface area contributed by atoms with Gasteiger partial charge in [-0.15, -0.1) is 11.3 Å². The third-order valence-electron chi connectivity index (χ3n) is 2.73. The molecular formula is C13H7Cl3N2S. The van der Waals surface area contributed by atoms with E-state index in [2.05, 4.69) is 9.97 Å². The van der Waals surface area contributed by atoms with Gasteiger partial charge in [0.1, 0.15) is 5.15 Å². The molecule has 0 saturated carbocycles. The molecule has 0 aliphatic carbocycles. The van der Waals surface area contributed by atoms with Crippen LogP contribution in [0.15, 0.2) is 23.6 Å². The molecule has 0 N–H and O–H groups in total. The summed E-state index contributed by atoms with van der Waals surface area (Å²) in [4.78, 5) is 9.61. The Morgan fingerprint density at radius 1 is 1.11 bits per heavy atom. The van der Waals surface area contributed by atoms with Crippen LogP contribution in [-0.2, 0) is 0 Å². The van der Waals surface area contributed by atoms with Crippen molar-refractivity contribution in [3.05, 3.63) is 44.3 Å². The van der Waals surface area contributed by atoms with Gasteiger partial charge in [-0.05, 0) is 30.0 Å². The van der Waals surface area contributed by atoms with Crippen LogP contribution in [0, 0.1) is 6.92 Å². The van der Waals surface area contributed by atoms with Crippen LogP contribution in [-0.4, -0.2) is 9.97 Å². The number of thiophene rings is 1. The van der Waals surface area contributed by atoms with Gasteiger partial charge in [0.25, 0.3) is 0 Å². The molecule has 0 saturated heterocycles. The fourth-order valence-electron chi connectivity index (χ4n) is 1.78. The van der Waals surface area contributed by atoms with E-state index in [9.17, 15) is 0 Å². The van der Waals surface area contributed by atoms with Crippen molar-refractivity contribution in [1.29, 1.82) is 0 Å². The lowest BCUT2D eigenvalue weighted by Crippen LogP contribution is -1.91. The van der Waals surface area contributed by atoms with Crippen LogP contribution in [0.3, 0.4) is 0 Å². The van der Waals surface area contributed by atoms with Gasteiger partial charge in [0, 0.05) is 0 Å². The summed E-state index contributed by atoms with van der Waals surface area (Å²) in [5, 5.41) is 4.19. The average molecular weight is 330 g/mol. The summed E-state index contributed by atoms with van der Waals surface area (Å²) in [6.07, 6.45) is 0. The molecule has 0 atom stereocenters. The highest BCUT2D eigenvalue weighted by atomic mass is 35.5. The molecule has 0 radical (unpaired) electrons. The van der Waals surface area contributed by atoms with Crippen molar-refractivity contribution in [3.8, 4) is 10.7 Å². The van der Waals surface area contributed by atoms with Crippen LogP contribution in [0.25, 0.3) is 21.6 Å². The molecule has 19 heavy (non-hydrogen) atoms. The van der Waals surface area contributed by atoms with Gasteiger partial charge < -0.3 is 0 Å². The molecule has 0 spiro atoms. The molecular weight excluding hydrogens is 323 g/mol. The lowest BCUT2D eigenvalue weighted by atomic mass is 10.2. The molecule has 0 unspecified atom stereocenters. The van der Waals surface area contributed by atoms with Gasteiger partial charge in [0.15, 0.2) is 5.82 Å². The standard InChI is InChI=1S/C13H7Cl3N2S/c1-6-5-19-11(10(6)15)13-17-8-4-2-3-7(14)9(8)12(16)18-13/h2-5H,1H3. The topological polar surface area (TPSA) is 25.8 Å². The number of rotatable bonds is 1. The van der Waals surface area contributed by atoms with Crippen molar-refractivity contribution < 1.29 is 0 Å². The lowest BCUT2D eigenvalue weighted by molar-refractivity contribution is 1.24. The predicted octanol–water partition coefficient (Wildman–Crippen LogP) is 5.63. The maximum absolute atomic E-state index is 6.24. The smallest absolute Gasteiger partial charge is 0.173 e. The number of fused-ring (bicyclic) bond motifs is 1. The second-order valence-electron chi connectivity index (χ2n) is 4.03. The van der Waals surface area contributed by atoms with Crippen LogP contribution in [0.4, 0.5) is 0 Å². The van der Waals surface area contributed by atoms with Gasteiger partial charge in [-0.2, -0.15) is 0 Å². The van der Waals surface area contributed by atoms with E-state index >= 15 is 0 Å². The molecule has 1 aromatic carbocycles. The first kappa shape index (κ1) is 13.1. The molecule has 6 heteroatoms. The molecule has 3 aromatic rings. The molecule has 2 heterocycles. The molecule has 0 fully saturated rings. The molecule has 0 bridgehead atoms. The molecule has 0 aliphatic rings. The van der Waals surface area contributed by atoms with Crippen LogP contribution < -0.4 is 0 Å². The van der Waals surface area contributed by atoms with Crippen LogP contribution in [0.2, 0.25) is 15.2 Å². The monoisotopic (exact) mass is 328 g/mol. The summed E-state index contributed by atoms with van der Waals surface area (Å²) < 4.78 is 0. The van der Waals surface area contributed by atoms with Crippen molar-refractivity contribution in [2.24, 2.45) is 0 Å². The Labute approximate surface area is 129 Å². The number of benzene rings is 1. The molecule has 0 amide bonds.